The highest BCUT2D eigenvalue weighted by atomic mass is 16.3. The Morgan fingerprint density at radius 2 is 2.18 bits per heavy atom. The third-order valence-electron chi connectivity index (χ3n) is 2.40. The van der Waals surface area contributed by atoms with Crippen LogP contribution in [0.5, 0.6) is 0 Å². The van der Waals surface area contributed by atoms with Gasteiger partial charge in [0, 0.05) is 31.5 Å². The number of aliphatic hydroxyl groups is 1. The smallest absolute Gasteiger partial charge is 0.253 e. The lowest BCUT2D eigenvalue weighted by atomic mass is 10.1. The molecule has 0 aromatic heterocycles. The first-order valence-corrected chi connectivity index (χ1v) is 5.44. The molecule has 0 spiro atoms. The Kier molecular flexibility index (Phi) is 4.34. The third-order valence-corrected chi connectivity index (χ3v) is 2.40. The van der Waals surface area contributed by atoms with Gasteiger partial charge in [-0.1, -0.05) is 0 Å². The summed E-state index contributed by atoms with van der Waals surface area (Å²) in [5, 5.41) is 11.6. The van der Waals surface area contributed by atoms with Crippen molar-refractivity contribution in [2.75, 3.05) is 31.3 Å². The zero-order valence-electron chi connectivity index (χ0n) is 10.4. The molecule has 0 heterocycles. The van der Waals surface area contributed by atoms with Gasteiger partial charge in [0.25, 0.3) is 5.91 Å². The van der Waals surface area contributed by atoms with Gasteiger partial charge in [0.15, 0.2) is 0 Å². The second-order valence-electron chi connectivity index (χ2n) is 4.23. The van der Waals surface area contributed by atoms with Gasteiger partial charge in [-0.2, -0.15) is 0 Å². The van der Waals surface area contributed by atoms with E-state index in [1.165, 1.54) is 0 Å². The van der Waals surface area contributed by atoms with Gasteiger partial charge in [-0.3, -0.25) is 4.79 Å². The molecule has 0 saturated heterocycles. The fourth-order valence-electron chi connectivity index (χ4n) is 1.47. The van der Waals surface area contributed by atoms with Crippen molar-refractivity contribution in [2.24, 2.45) is 0 Å². The highest BCUT2D eigenvalue weighted by Crippen LogP contribution is 2.21. The Bertz CT molecular complexity index is 405. The predicted octanol–water partition coefficient (Wildman–Crippen LogP) is 0.445. The van der Waals surface area contributed by atoms with Crippen LogP contribution in [0.2, 0.25) is 0 Å². The summed E-state index contributed by atoms with van der Waals surface area (Å²) in [6.07, 6.45) is 0. The second kappa shape index (κ2) is 5.54. The van der Waals surface area contributed by atoms with Gasteiger partial charge >= 0.3 is 0 Å². The van der Waals surface area contributed by atoms with E-state index >= 15 is 0 Å². The van der Waals surface area contributed by atoms with Crippen LogP contribution in [-0.4, -0.2) is 37.8 Å². The van der Waals surface area contributed by atoms with Crippen LogP contribution in [0.1, 0.15) is 17.3 Å². The van der Waals surface area contributed by atoms with Crippen LogP contribution < -0.4 is 16.0 Å². The molecule has 1 atom stereocenters. The van der Waals surface area contributed by atoms with Crippen molar-refractivity contribution in [1.82, 2.24) is 5.32 Å². The molecule has 1 amide bonds. The predicted molar refractivity (Wildman–Crippen MR) is 69.2 cm³/mol. The molecule has 0 saturated carbocycles. The first-order valence-electron chi connectivity index (χ1n) is 5.44. The Hall–Kier alpha value is -1.75. The quantitative estimate of drug-likeness (QED) is 0.664. The Labute approximate surface area is 101 Å². The summed E-state index contributed by atoms with van der Waals surface area (Å²) in [5.41, 5.74) is 7.52. The van der Waals surface area contributed by atoms with E-state index in [4.69, 9.17) is 10.8 Å². The monoisotopic (exact) mass is 237 g/mol. The Balaban J connectivity index is 3.02. The average Bonchev–Trinajstić information content (AvgIpc) is 2.28. The van der Waals surface area contributed by atoms with Crippen LogP contribution in [0, 0.1) is 0 Å². The number of aliphatic hydroxyl groups excluding tert-OH is 1. The van der Waals surface area contributed by atoms with Crippen LogP contribution in [0.4, 0.5) is 11.4 Å². The number of hydrogen-bond acceptors (Lipinski definition) is 4. The molecule has 0 aliphatic heterocycles. The van der Waals surface area contributed by atoms with Crippen LogP contribution in [0.3, 0.4) is 0 Å². The maximum atomic E-state index is 12.0. The highest BCUT2D eigenvalue weighted by molar-refractivity contribution is 6.00. The SMILES string of the molecule is C[C@H](CO)NC(=O)c1cc(N)ccc1N(C)C. The molecule has 1 rings (SSSR count). The number of carbonyl (C=O) groups excluding carboxylic acids is 1. The average molecular weight is 237 g/mol. The number of benzene rings is 1. The summed E-state index contributed by atoms with van der Waals surface area (Å²) in [6, 6.07) is 4.91. The molecule has 0 aliphatic rings. The maximum Gasteiger partial charge on any atom is 0.253 e. The van der Waals surface area contributed by atoms with Crippen molar-refractivity contribution in [1.29, 1.82) is 0 Å². The molecule has 1 aromatic rings. The van der Waals surface area contributed by atoms with E-state index < -0.39 is 0 Å². The van der Waals surface area contributed by atoms with E-state index in [0.29, 0.717) is 11.3 Å². The van der Waals surface area contributed by atoms with Crippen molar-refractivity contribution < 1.29 is 9.90 Å². The van der Waals surface area contributed by atoms with Crippen molar-refractivity contribution in [2.45, 2.75) is 13.0 Å². The van der Waals surface area contributed by atoms with E-state index in [9.17, 15) is 4.79 Å². The number of nitrogens with zero attached hydrogens (tertiary/aromatic N) is 1. The van der Waals surface area contributed by atoms with Crippen LogP contribution in [-0.2, 0) is 0 Å². The molecule has 5 nitrogen and oxygen atoms in total. The highest BCUT2D eigenvalue weighted by Gasteiger charge is 2.14. The summed E-state index contributed by atoms with van der Waals surface area (Å²) in [5.74, 6) is -0.234. The van der Waals surface area contributed by atoms with Crippen molar-refractivity contribution in [3.05, 3.63) is 23.8 Å². The number of anilines is 2. The summed E-state index contributed by atoms with van der Waals surface area (Å²) < 4.78 is 0. The van der Waals surface area contributed by atoms with Gasteiger partial charge in [-0.25, -0.2) is 0 Å². The standard InChI is InChI=1S/C12H19N3O2/c1-8(7-16)14-12(17)10-6-9(13)4-5-11(10)15(2)3/h4-6,8,16H,7,13H2,1-3H3,(H,14,17)/t8-/m1/s1. The van der Waals surface area contributed by atoms with E-state index in [1.807, 2.05) is 19.0 Å². The molecule has 0 radical (unpaired) electrons. The molecular weight excluding hydrogens is 218 g/mol. The van der Waals surface area contributed by atoms with Gasteiger partial charge in [0.2, 0.25) is 0 Å². The van der Waals surface area contributed by atoms with Crippen LogP contribution in [0.15, 0.2) is 18.2 Å². The number of carbonyl (C=O) groups is 1. The fraction of sp³-hybridized carbons (Fsp3) is 0.417. The second-order valence-corrected chi connectivity index (χ2v) is 4.23. The number of hydrogen-bond donors (Lipinski definition) is 3. The number of nitrogen functional groups attached to an aromatic ring is 1. The maximum absolute atomic E-state index is 12.0. The Morgan fingerprint density at radius 1 is 1.53 bits per heavy atom. The van der Waals surface area contributed by atoms with Gasteiger partial charge in [-0.05, 0) is 25.1 Å². The molecule has 0 unspecified atom stereocenters. The van der Waals surface area contributed by atoms with Gasteiger partial charge in [-0.15, -0.1) is 0 Å². The summed E-state index contributed by atoms with van der Waals surface area (Å²) in [7, 11) is 3.72. The molecule has 94 valence electrons. The van der Waals surface area contributed by atoms with E-state index in [-0.39, 0.29) is 18.6 Å². The molecule has 0 fully saturated rings. The van der Waals surface area contributed by atoms with Crippen molar-refractivity contribution in [3.8, 4) is 0 Å². The minimum atomic E-state index is -0.279. The zero-order valence-corrected chi connectivity index (χ0v) is 10.4. The first kappa shape index (κ1) is 13.3. The normalized spacial score (nSPS) is 12.0. The van der Waals surface area contributed by atoms with Gasteiger partial charge in [0.1, 0.15) is 0 Å². The Morgan fingerprint density at radius 3 is 2.71 bits per heavy atom. The third kappa shape index (κ3) is 3.35. The van der Waals surface area contributed by atoms with E-state index in [0.717, 1.165) is 5.69 Å². The first-order chi connectivity index (χ1) is 7.95. The van der Waals surface area contributed by atoms with Crippen molar-refractivity contribution in [3.63, 3.8) is 0 Å². The molecule has 5 heteroatoms. The van der Waals surface area contributed by atoms with Crippen LogP contribution in [0.25, 0.3) is 0 Å². The molecular formula is C12H19N3O2. The largest absolute Gasteiger partial charge is 0.399 e. The van der Waals surface area contributed by atoms with Crippen LogP contribution >= 0.6 is 0 Å². The molecule has 4 N–H and O–H groups in total. The number of nitrogens with two attached hydrogens (primary N) is 1. The molecule has 0 bridgehead atoms. The minimum absolute atomic E-state index is 0.0919. The van der Waals surface area contributed by atoms with E-state index in [2.05, 4.69) is 5.32 Å². The molecule has 0 aliphatic carbocycles. The topological polar surface area (TPSA) is 78.6 Å². The lowest BCUT2D eigenvalue weighted by Gasteiger charge is -2.19. The summed E-state index contributed by atoms with van der Waals surface area (Å²) in [4.78, 5) is 13.8. The number of nitrogens with one attached hydrogen (secondary N) is 1. The van der Waals surface area contributed by atoms with Gasteiger partial charge in [0.05, 0.1) is 12.2 Å². The lowest BCUT2D eigenvalue weighted by molar-refractivity contribution is 0.0923. The summed E-state index contributed by atoms with van der Waals surface area (Å²) in [6.45, 7) is 1.64. The fourth-order valence-corrected chi connectivity index (χ4v) is 1.47. The number of rotatable bonds is 4. The minimum Gasteiger partial charge on any atom is -0.399 e. The lowest BCUT2D eigenvalue weighted by Crippen LogP contribution is -2.35. The molecule has 17 heavy (non-hydrogen) atoms. The van der Waals surface area contributed by atoms with E-state index in [1.54, 1.807) is 25.1 Å². The van der Waals surface area contributed by atoms with Gasteiger partial charge < -0.3 is 21.1 Å². The number of amides is 1. The molecule has 1 aromatic carbocycles. The van der Waals surface area contributed by atoms with Crippen molar-refractivity contribution >= 4 is 17.3 Å². The summed E-state index contributed by atoms with van der Waals surface area (Å²) >= 11 is 0. The zero-order chi connectivity index (χ0) is 13.0.